The molecule has 3 nitrogen and oxygen atoms in total. The Bertz CT molecular complexity index is 162. The lowest BCUT2D eigenvalue weighted by molar-refractivity contribution is -0.173. The molecule has 78 valence electrons. The predicted octanol–water partition coefficient (Wildman–Crippen LogP) is 1.08. The Balaban J connectivity index is 3.22. The Kier molecular flexibility index (Phi) is 6.06. The summed E-state index contributed by atoms with van der Waals surface area (Å²) in [6, 6.07) is 0. The molecular weight excluding hydrogens is 255 g/mol. The van der Waals surface area contributed by atoms with E-state index >= 15 is 0 Å². The molecule has 0 unspecified atom stereocenters. The molecule has 0 bridgehead atoms. The second-order valence-electron chi connectivity index (χ2n) is 2.15. The van der Waals surface area contributed by atoms with Crippen molar-refractivity contribution >= 4 is 21.8 Å². The molecule has 1 N–H and O–H groups in total. The Morgan fingerprint density at radius 1 is 1.46 bits per heavy atom. The zero-order valence-corrected chi connectivity index (χ0v) is 8.24. The van der Waals surface area contributed by atoms with Crippen molar-refractivity contribution in [2.45, 2.75) is 6.18 Å². The van der Waals surface area contributed by atoms with Crippen LogP contribution in [0.15, 0.2) is 0 Å². The number of alkyl halides is 4. The first-order valence-electron chi connectivity index (χ1n) is 3.43. The molecule has 1 amide bonds. The maximum Gasteiger partial charge on any atom is 0.411 e. The lowest BCUT2D eigenvalue weighted by atomic mass is 10.6. The van der Waals surface area contributed by atoms with Crippen molar-refractivity contribution in [3.8, 4) is 0 Å². The van der Waals surface area contributed by atoms with Crippen molar-refractivity contribution < 1.29 is 22.7 Å². The van der Waals surface area contributed by atoms with Crippen LogP contribution in [0.25, 0.3) is 0 Å². The molecule has 0 heterocycles. The molecule has 0 saturated carbocycles. The number of carbonyl (C=O) groups excluding carboxylic acids is 1. The molecule has 0 aliphatic heterocycles. The molecule has 13 heavy (non-hydrogen) atoms. The van der Waals surface area contributed by atoms with E-state index in [1.165, 1.54) is 0 Å². The number of rotatable bonds is 5. The second kappa shape index (κ2) is 6.20. The summed E-state index contributed by atoms with van der Waals surface area (Å²) in [6.07, 6.45) is -4.31. The minimum atomic E-state index is -4.31. The summed E-state index contributed by atoms with van der Waals surface area (Å²) >= 11 is 2.88. The summed E-state index contributed by atoms with van der Waals surface area (Å²) in [6.45, 7) is -1.34. The van der Waals surface area contributed by atoms with Gasteiger partial charge in [0.2, 0.25) is 5.91 Å². The molecule has 0 rings (SSSR count). The zero-order chi connectivity index (χ0) is 10.3. The predicted molar refractivity (Wildman–Crippen MR) is 43.7 cm³/mol. The number of hydrogen-bond donors (Lipinski definition) is 1. The van der Waals surface area contributed by atoms with Gasteiger partial charge in [0.25, 0.3) is 0 Å². The van der Waals surface area contributed by atoms with E-state index in [0.717, 1.165) is 0 Å². The van der Waals surface area contributed by atoms with Crippen molar-refractivity contribution in [2.75, 3.05) is 25.1 Å². The van der Waals surface area contributed by atoms with Crippen LogP contribution >= 0.6 is 15.9 Å². The fourth-order valence-corrected chi connectivity index (χ4v) is 0.696. The molecule has 0 atom stereocenters. The zero-order valence-electron chi connectivity index (χ0n) is 6.66. The van der Waals surface area contributed by atoms with Crippen LogP contribution in [0.1, 0.15) is 0 Å². The molecule has 0 aromatic rings. The van der Waals surface area contributed by atoms with Gasteiger partial charge < -0.3 is 10.1 Å². The van der Waals surface area contributed by atoms with Crippen molar-refractivity contribution in [3.63, 3.8) is 0 Å². The van der Waals surface area contributed by atoms with Gasteiger partial charge in [-0.1, -0.05) is 15.9 Å². The molecule has 0 aromatic carbocycles. The van der Waals surface area contributed by atoms with Crippen LogP contribution in [-0.2, 0) is 9.53 Å². The summed E-state index contributed by atoms with van der Waals surface area (Å²) in [5, 5.41) is 2.47. The first-order valence-corrected chi connectivity index (χ1v) is 4.55. The summed E-state index contributed by atoms with van der Waals surface area (Å²) < 4.78 is 38.7. The van der Waals surface area contributed by atoms with Crippen LogP contribution in [0.2, 0.25) is 0 Å². The minimum absolute atomic E-state index is 0.0838. The average Bonchev–Trinajstić information content (AvgIpc) is 2.01. The van der Waals surface area contributed by atoms with E-state index in [2.05, 4.69) is 26.0 Å². The highest BCUT2D eigenvalue weighted by atomic mass is 79.9. The Morgan fingerprint density at radius 2 is 2.08 bits per heavy atom. The van der Waals surface area contributed by atoms with Gasteiger partial charge in [0.05, 0.1) is 11.9 Å². The standard InChI is InChI=1S/C6H9BrF3NO2/c7-3-5(12)11-1-2-13-4-6(8,9)10/h1-4H2,(H,11,12). The molecule has 0 radical (unpaired) electrons. The van der Waals surface area contributed by atoms with Crippen molar-refractivity contribution in [2.24, 2.45) is 0 Å². The molecular formula is C6H9BrF3NO2. The quantitative estimate of drug-likeness (QED) is 0.596. The Hall–Kier alpha value is -0.300. The first-order chi connectivity index (χ1) is 5.95. The van der Waals surface area contributed by atoms with Crippen LogP contribution in [0.4, 0.5) is 13.2 Å². The summed E-state index contributed by atoms with van der Waals surface area (Å²) in [4.78, 5) is 10.5. The van der Waals surface area contributed by atoms with Crippen LogP contribution in [-0.4, -0.2) is 37.2 Å². The van der Waals surface area contributed by atoms with Crippen LogP contribution in [0, 0.1) is 0 Å². The smallest absolute Gasteiger partial charge is 0.370 e. The Labute approximate surface area is 81.8 Å². The monoisotopic (exact) mass is 263 g/mol. The highest BCUT2D eigenvalue weighted by molar-refractivity contribution is 9.09. The first kappa shape index (κ1) is 12.7. The molecule has 7 heteroatoms. The minimum Gasteiger partial charge on any atom is -0.370 e. The van der Waals surface area contributed by atoms with E-state index < -0.39 is 12.8 Å². The fraction of sp³-hybridized carbons (Fsp3) is 0.833. The lowest BCUT2D eigenvalue weighted by Gasteiger charge is -2.07. The summed E-state index contributed by atoms with van der Waals surface area (Å²) in [7, 11) is 0. The maximum absolute atomic E-state index is 11.5. The highest BCUT2D eigenvalue weighted by Gasteiger charge is 2.27. The normalized spacial score (nSPS) is 11.4. The van der Waals surface area contributed by atoms with Crippen LogP contribution in [0.5, 0.6) is 0 Å². The number of halogens is 4. The summed E-state index contributed by atoms with van der Waals surface area (Å²) in [5.74, 6) is -0.282. The van der Waals surface area contributed by atoms with E-state index in [0.29, 0.717) is 0 Å². The SMILES string of the molecule is O=C(CBr)NCCOCC(F)(F)F. The van der Waals surface area contributed by atoms with Gasteiger partial charge in [-0.15, -0.1) is 0 Å². The third-order valence-corrected chi connectivity index (χ3v) is 1.46. The van der Waals surface area contributed by atoms with Gasteiger partial charge in [-0.3, -0.25) is 4.79 Å². The van der Waals surface area contributed by atoms with Gasteiger partial charge in [-0.2, -0.15) is 13.2 Å². The number of hydrogen-bond acceptors (Lipinski definition) is 2. The van der Waals surface area contributed by atoms with E-state index in [9.17, 15) is 18.0 Å². The number of amides is 1. The van der Waals surface area contributed by atoms with E-state index in [1.807, 2.05) is 0 Å². The van der Waals surface area contributed by atoms with Gasteiger partial charge in [-0.25, -0.2) is 0 Å². The van der Waals surface area contributed by atoms with Gasteiger partial charge in [0, 0.05) is 6.54 Å². The number of nitrogens with one attached hydrogen (secondary N) is 1. The largest absolute Gasteiger partial charge is 0.411 e. The number of ether oxygens (including phenoxy) is 1. The second-order valence-corrected chi connectivity index (χ2v) is 2.71. The topological polar surface area (TPSA) is 38.3 Å². The molecule has 0 aliphatic rings. The van der Waals surface area contributed by atoms with Crippen molar-refractivity contribution in [3.05, 3.63) is 0 Å². The van der Waals surface area contributed by atoms with Gasteiger partial charge in [0.15, 0.2) is 0 Å². The molecule has 0 spiro atoms. The molecule has 0 saturated heterocycles. The van der Waals surface area contributed by atoms with Crippen molar-refractivity contribution in [1.82, 2.24) is 5.32 Å². The third-order valence-electron chi connectivity index (χ3n) is 0.956. The molecule has 0 aromatic heterocycles. The fourth-order valence-electron chi connectivity index (χ4n) is 0.498. The molecule has 0 fully saturated rings. The maximum atomic E-state index is 11.5. The third kappa shape index (κ3) is 9.62. The van der Waals surface area contributed by atoms with E-state index in [4.69, 9.17) is 0 Å². The van der Waals surface area contributed by atoms with Gasteiger partial charge in [-0.05, 0) is 0 Å². The Morgan fingerprint density at radius 3 is 2.54 bits per heavy atom. The lowest BCUT2D eigenvalue weighted by Crippen LogP contribution is -2.29. The van der Waals surface area contributed by atoms with Crippen LogP contribution < -0.4 is 5.32 Å². The molecule has 0 aliphatic carbocycles. The van der Waals surface area contributed by atoms with E-state index in [1.54, 1.807) is 0 Å². The number of carbonyl (C=O) groups is 1. The van der Waals surface area contributed by atoms with Gasteiger partial charge >= 0.3 is 6.18 Å². The summed E-state index contributed by atoms with van der Waals surface area (Å²) in [5.41, 5.74) is 0. The highest BCUT2D eigenvalue weighted by Crippen LogP contribution is 2.13. The van der Waals surface area contributed by atoms with Gasteiger partial charge in [0.1, 0.15) is 6.61 Å². The average molecular weight is 264 g/mol. The van der Waals surface area contributed by atoms with E-state index in [-0.39, 0.29) is 24.4 Å². The van der Waals surface area contributed by atoms with Crippen LogP contribution in [0.3, 0.4) is 0 Å². The van der Waals surface area contributed by atoms with Crippen molar-refractivity contribution in [1.29, 1.82) is 0 Å².